The summed E-state index contributed by atoms with van der Waals surface area (Å²) in [5.74, 6) is 1.96. The summed E-state index contributed by atoms with van der Waals surface area (Å²) in [5, 5.41) is 9.19. The van der Waals surface area contributed by atoms with Gasteiger partial charge in [0.2, 0.25) is 0 Å². The molecule has 1 N–H and O–H groups in total. The normalized spacial score (nSPS) is 26.4. The van der Waals surface area contributed by atoms with Gasteiger partial charge in [-0.15, -0.1) is 12.3 Å². The molecule has 0 amide bonds. The highest BCUT2D eigenvalue weighted by atomic mass is 16.4. The van der Waals surface area contributed by atoms with Crippen molar-refractivity contribution >= 4 is 5.97 Å². The molecule has 3 nitrogen and oxygen atoms in total. The highest BCUT2D eigenvalue weighted by Gasteiger charge is 2.42. The number of aliphatic carboxylic acids is 1. The van der Waals surface area contributed by atoms with Crippen LogP contribution in [0.1, 0.15) is 32.6 Å². The Labute approximate surface area is 91.5 Å². The van der Waals surface area contributed by atoms with Crippen molar-refractivity contribution < 1.29 is 9.90 Å². The Morgan fingerprint density at radius 1 is 1.67 bits per heavy atom. The number of unbranched alkanes of at least 4 members (excludes halogenated alkanes) is 1. The molecule has 0 spiro atoms. The summed E-state index contributed by atoms with van der Waals surface area (Å²) >= 11 is 0. The van der Waals surface area contributed by atoms with Crippen LogP contribution >= 0.6 is 0 Å². The molecular weight excluding hydrogens is 190 g/mol. The van der Waals surface area contributed by atoms with Gasteiger partial charge in [0, 0.05) is 13.0 Å². The Morgan fingerprint density at radius 2 is 2.40 bits per heavy atom. The average molecular weight is 209 g/mol. The number of rotatable bonds is 5. The molecule has 3 heteroatoms. The first-order valence-electron chi connectivity index (χ1n) is 5.54. The lowest BCUT2D eigenvalue weighted by Gasteiger charge is -2.22. The van der Waals surface area contributed by atoms with Crippen molar-refractivity contribution in [3.05, 3.63) is 0 Å². The van der Waals surface area contributed by atoms with E-state index in [-0.39, 0.29) is 0 Å². The third kappa shape index (κ3) is 2.73. The second kappa shape index (κ2) is 5.18. The molecule has 1 saturated heterocycles. The van der Waals surface area contributed by atoms with Crippen molar-refractivity contribution in [2.45, 2.75) is 32.6 Å². The van der Waals surface area contributed by atoms with Gasteiger partial charge in [-0.25, -0.2) is 0 Å². The van der Waals surface area contributed by atoms with Crippen LogP contribution in [-0.4, -0.2) is 35.6 Å². The summed E-state index contributed by atoms with van der Waals surface area (Å²) in [6.45, 7) is 4.46. The third-order valence-electron chi connectivity index (χ3n) is 3.36. The molecule has 1 unspecified atom stereocenters. The van der Waals surface area contributed by atoms with Crippen LogP contribution in [0.2, 0.25) is 0 Å². The van der Waals surface area contributed by atoms with E-state index >= 15 is 0 Å². The zero-order valence-electron chi connectivity index (χ0n) is 9.33. The van der Waals surface area contributed by atoms with Gasteiger partial charge in [-0.2, -0.15) is 0 Å². The zero-order chi connectivity index (χ0) is 11.3. The fraction of sp³-hybridized carbons (Fsp3) is 0.750. The summed E-state index contributed by atoms with van der Waals surface area (Å²) in [4.78, 5) is 13.4. The smallest absolute Gasteiger partial charge is 0.310 e. The topological polar surface area (TPSA) is 40.5 Å². The maximum absolute atomic E-state index is 11.2. The molecule has 1 aliphatic heterocycles. The van der Waals surface area contributed by atoms with Crippen molar-refractivity contribution in [1.29, 1.82) is 0 Å². The van der Waals surface area contributed by atoms with Crippen molar-refractivity contribution in [2.75, 3.05) is 19.6 Å². The van der Waals surface area contributed by atoms with Crippen LogP contribution in [0.4, 0.5) is 0 Å². The van der Waals surface area contributed by atoms with E-state index < -0.39 is 11.4 Å². The number of nitrogens with zero attached hydrogens (tertiary/aromatic N) is 1. The van der Waals surface area contributed by atoms with E-state index in [4.69, 9.17) is 6.42 Å². The number of hydrogen-bond acceptors (Lipinski definition) is 2. The Hall–Kier alpha value is -1.01. The SMILES string of the molecule is C#CCCCN1CCC(CC)(C(=O)O)C1. The first-order chi connectivity index (χ1) is 7.14. The van der Waals surface area contributed by atoms with Gasteiger partial charge in [-0.1, -0.05) is 6.92 Å². The Balaban J connectivity index is 2.43. The maximum Gasteiger partial charge on any atom is 0.310 e. The number of carbonyl (C=O) groups is 1. The summed E-state index contributed by atoms with van der Waals surface area (Å²) in [7, 11) is 0. The van der Waals surface area contributed by atoms with Crippen molar-refractivity contribution in [2.24, 2.45) is 5.41 Å². The molecule has 1 heterocycles. The molecule has 0 aromatic rings. The van der Waals surface area contributed by atoms with Crippen LogP contribution in [0.3, 0.4) is 0 Å². The van der Waals surface area contributed by atoms with Gasteiger partial charge >= 0.3 is 5.97 Å². The van der Waals surface area contributed by atoms with E-state index in [1.165, 1.54) is 0 Å². The van der Waals surface area contributed by atoms with Gasteiger partial charge in [0.05, 0.1) is 5.41 Å². The Morgan fingerprint density at radius 3 is 2.87 bits per heavy atom. The monoisotopic (exact) mass is 209 g/mol. The lowest BCUT2D eigenvalue weighted by Crippen LogP contribution is -2.34. The molecule has 0 saturated carbocycles. The largest absolute Gasteiger partial charge is 0.481 e. The second-order valence-corrected chi connectivity index (χ2v) is 4.27. The van der Waals surface area contributed by atoms with Gasteiger partial charge in [0.1, 0.15) is 0 Å². The number of likely N-dealkylation sites (tertiary alicyclic amines) is 1. The predicted molar refractivity (Wildman–Crippen MR) is 59.5 cm³/mol. The van der Waals surface area contributed by atoms with Crippen molar-refractivity contribution in [3.8, 4) is 12.3 Å². The first-order valence-corrected chi connectivity index (χ1v) is 5.54. The van der Waals surface area contributed by atoms with E-state index in [0.29, 0.717) is 13.0 Å². The molecule has 0 aromatic carbocycles. The lowest BCUT2D eigenvalue weighted by atomic mass is 9.84. The number of carboxylic acids is 1. The van der Waals surface area contributed by atoms with E-state index in [9.17, 15) is 9.90 Å². The summed E-state index contributed by atoms with van der Waals surface area (Å²) in [6, 6.07) is 0. The predicted octanol–water partition coefficient (Wildman–Crippen LogP) is 1.59. The van der Waals surface area contributed by atoms with Crippen LogP contribution in [0.5, 0.6) is 0 Å². The molecular formula is C12H19NO2. The molecule has 1 aliphatic rings. The fourth-order valence-corrected chi connectivity index (χ4v) is 2.17. The van der Waals surface area contributed by atoms with Gasteiger partial charge in [0.25, 0.3) is 0 Å². The molecule has 0 radical (unpaired) electrons. The third-order valence-corrected chi connectivity index (χ3v) is 3.36. The number of carboxylic acid groups (broad SMARTS) is 1. The first kappa shape index (κ1) is 12.1. The Bertz CT molecular complexity index is 269. The summed E-state index contributed by atoms with van der Waals surface area (Å²) in [6.07, 6.45) is 8.42. The molecule has 0 bridgehead atoms. The molecule has 84 valence electrons. The van der Waals surface area contributed by atoms with Crippen LogP contribution < -0.4 is 0 Å². The number of hydrogen-bond donors (Lipinski definition) is 1. The van der Waals surface area contributed by atoms with E-state index in [2.05, 4.69) is 10.8 Å². The van der Waals surface area contributed by atoms with Crippen molar-refractivity contribution in [1.82, 2.24) is 4.90 Å². The van der Waals surface area contributed by atoms with E-state index in [1.54, 1.807) is 0 Å². The van der Waals surface area contributed by atoms with Gasteiger partial charge in [0.15, 0.2) is 0 Å². The van der Waals surface area contributed by atoms with E-state index in [1.807, 2.05) is 6.92 Å². The van der Waals surface area contributed by atoms with Crippen LogP contribution in [0, 0.1) is 17.8 Å². The average Bonchev–Trinajstić information content (AvgIpc) is 2.63. The second-order valence-electron chi connectivity index (χ2n) is 4.27. The number of terminal acetylenes is 1. The highest BCUT2D eigenvalue weighted by molar-refractivity contribution is 5.75. The Kier molecular flexibility index (Phi) is 4.16. The fourth-order valence-electron chi connectivity index (χ4n) is 2.17. The quantitative estimate of drug-likeness (QED) is 0.552. The molecule has 1 rings (SSSR count). The minimum absolute atomic E-state index is 0.504. The molecule has 0 aromatic heterocycles. The van der Waals surface area contributed by atoms with Crippen LogP contribution in [-0.2, 0) is 4.79 Å². The van der Waals surface area contributed by atoms with Crippen LogP contribution in [0.15, 0.2) is 0 Å². The van der Waals surface area contributed by atoms with Gasteiger partial charge in [-0.05, 0) is 32.4 Å². The minimum Gasteiger partial charge on any atom is -0.481 e. The molecule has 0 aliphatic carbocycles. The zero-order valence-corrected chi connectivity index (χ0v) is 9.33. The maximum atomic E-state index is 11.2. The highest BCUT2D eigenvalue weighted by Crippen LogP contribution is 2.34. The van der Waals surface area contributed by atoms with Crippen molar-refractivity contribution in [3.63, 3.8) is 0 Å². The molecule has 1 atom stereocenters. The van der Waals surface area contributed by atoms with Gasteiger partial charge < -0.3 is 10.0 Å². The molecule has 1 fully saturated rings. The van der Waals surface area contributed by atoms with Gasteiger partial charge in [-0.3, -0.25) is 4.79 Å². The van der Waals surface area contributed by atoms with Crippen LogP contribution in [0.25, 0.3) is 0 Å². The standard InChI is InChI=1S/C12H19NO2/c1-3-5-6-8-13-9-7-12(4-2,10-13)11(14)15/h1H,4-10H2,2H3,(H,14,15). The van der Waals surface area contributed by atoms with E-state index in [0.717, 1.165) is 32.4 Å². The minimum atomic E-state index is -0.649. The lowest BCUT2D eigenvalue weighted by molar-refractivity contribution is -0.148. The summed E-state index contributed by atoms with van der Waals surface area (Å²) in [5.41, 5.74) is -0.504. The molecule has 15 heavy (non-hydrogen) atoms. The summed E-state index contributed by atoms with van der Waals surface area (Å²) < 4.78 is 0.